The maximum atomic E-state index is 13.2. The smallest absolute Gasteiger partial charge is 0.249 e. The van der Waals surface area contributed by atoms with Crippen LogP contribution >= 0.6 is 0 Å². The molecular formula is C63H119NO10. The zero-order valence-corrected chi connectivity index (χ0v) is 47.8. The van der Waals surface area contributed by atoms with Crippen molar-refractivity contribution in [3.05, 3.63) is 36.5 Å². The normalized spacial score (nSPS) is 20.0. The summed E-state index contributed by atoms with van der Waals surface area (Å²) in [6.45, 7) is 3.46. The predicted molar refractivity (Wildman–Crippen MR) is 307 cm³/mol. The molecule has 1 aliphatic rings. The van der Waals surface area contributed by atoms with Crippen LogP contribution in [0.15, 0.2) is 36.5 Å². The molecule has 11 heteroatoms. The quantitative estimate of drug-likeness (QED) is 0.0215. The van der Waals surface area contributed by atoms with E-state index >= 15 is 0 Å². The number of hydrogen-bond acceptors (Lipinski definition) is 10. The highest BCUT2D eigenvalue weighted by Crippen LogP contribution is 2.23. The Bertz CT molecular complexity index is 1300. The number of aliphatic hydroxyl groups excluding tert-OH is 7. The van der Waals surface area contributed by atoms with E-state index in [-0.39, 0.29) is 12.8 Å². The van der Waals surface area contributed by atoms with Crippen LogP contribution in [0.3, 0.4) is 0 Å². The molecule has 74 heavy (non-hydrogen) atoms. The third-order valence-corrected chi connectivity index (χ3v) is 15.2. The van der Waals surface area contributed by atoms with Crippen LogP contribution in [0.25, 0.3) is 0 Å². The Morgan fingerprint density at radius 3 is 1.24 bits per heavy atom. The van der Waals surface area contributed by atoms with Crippen molar-refractivity contribution < 1.29 is 50.0 Å². The van der Waals surface area contributed by atoms with Crippen LogP contribution in [0.2, 0.25) is 0 Å². The Balaban J connectivity index is 2.21. The van der Waals surface area contributed by atoms with Crippen LogP contribution in [0, 0.1) is 0 Å². The van der Waals surface area contributed by atoms with Crippen LogP contribution in [-0.2, 0) is 14.3 Å². The molecule has 0 aromatic heterocycles. The van der Waals surface area contributed by atoms with E-state index in [2.05, 4.69) is 55.6 Å². The molecule has 11 nitrogen and oxygen atoms in total. The molecule has 0 aliphatic carbocycles. The van der Waals surface area contributed by atoms with E-state index in [0.29, 0.717) is 12.8 Å². The molecule has 1 heterocycles. The first kappa shape index (κ1) is 70.3. The number of allylic oxidation sites excluding steroid dienone is 6. The van der Waals surface area contributed by atoms with Crippen molar-refractivity contribution in [3.63, 3.8) is 0 Å². The average Bonchev–Trinajstić information content (AvgIpc) is 3.40. The lowest BCUT2D eigenvalue weighted by molar-refractivity contribution is -0.303. The van der Waals surface area contributed by atoms with Crippen LogP contribution in [0.5, 0.6) is 0 Å². The van der Waals surface area contributed by atoms with Crippen LogP contribution < -0.4 is 5.32 Å². The molecule has 0 saturated carbocycles. The molecule has 0 aromatic rings. The minimum atomic E-state index is -1.67. The maximum Gasteiger partial charge on any atom is 0.249 e. The minimum absolute atomic E-state index is 0.255. The Hall–Kier alpha value is -1.67. The lowest BCUT2D eigenvalue weighted by Crippen LogP contribution is -2.60. The first-order valence-electron chi connectivity index (χ1n) is 31.4. The molecule has 0 aromatic carbocycles. The van der Waals surface area contributed by atoms with Crippen molar-refractivity contribution >= 4 is 5.91 Å². The highest BCUT2D eigenvalue weighted by atomic mass is 16.7. The van der Waals surface area contributed by atoms with Crippen LogP contribution in [0.4, 0.5) is 0 Å². The Morgan fingerprint density at radius 2 is 0.838 bits per heavy atom. The fourth-order valence-corrected chi connectivity index (χ4v) is 10.1. The molecule has 0 radical (unpaired) electrons. The van der Waals surface area contributed by atoms with Crippen molar-refractivity contribution in [3.8, 4) is 0 Å². The van der Waals surface area contributed by atoms with Crippen molar-refractivity contribution in [1.82, 2.24) is 5.32 Å². The molecule has 9 unspecified atom stereocenters. The highest BCUT2D eigenvalue weighted by molar-refractivity contribution is 5.80. The van der Waals surface area contributed by atoms with Gasteiger partial charge in [-0.1, -0.05) is 256 Å². The van der Waals surface area contributed by atoms with Crippen LogP contribution in [0.1, 0.15) is 290 Å². The average molecular weight is 1050 g/mol. The summed E-state index contributed by atoms with van der Waals surface area (Å²) in [6.07, 6.45) is 53.6. The zero-order chi connectivity index (χ0) is 54.0. The molecule has 1 fully saturated rings. The van der Waals surface area contributed by atoms with E-state index in [1.165, 1.54) is 205 Å². The molecule has 436 valence electrons. The van der Waals surface area contributed by atoms with Gasteiger partial charge in [-0.15, -0.1) is 0 Å². The van der Waals surface area contributed by atoms with Crippen molar-refractivity contribution in [1.29, 1.82) is 0 Å². The number of hydrogen-bond donors (Lipinski definition) is 8. The van der Waals surface area contributed by atoms with Gasteiger partial charge in [-0.2, -0.15) is 0 Å². The molecule has 1 amide bonds. The topological polar surface area (TPSA) is 189 Å². The summed E-state index contributed by atoms with van der Waals surface area (Å²) >= 11 is 0. The number of aliphatic hydroxyl groups is 7. The summed E-state index contributed by atoms with van der Waals surface area (Å²) in [5.41, 5.74) is 0. The van der Waals surface area contributed by atoms with Gasteiger partial charge in [-0.3, -0.25) is 4.79 Å². The highest BCUT2D eigenvalue weighted by Gasteiger charge is 2.44. The summed E-state index contributed by atoms with van der Waals surface area (Å²) in [5, 5.41) is 76.1. The number of nitrogens with one attached hydrogen (secondary N) is 1. The second-order valence-electron chi connectivity index (χ2n) is 22.1. The maximum absolute atomic E-state index is 13.2. The number of ether oxygens (including phenoxy) is 2. The molecular weight excluding hydrogens is 931 g/mol. The van der Waals surface area contributed by atoms with E-state index in [9.17, 15) is 40.5 Å². The fraction of sp³-hybridized carbons (Fsp3) is 0.889. The number of carbonyl (C=O) groups is 1. The summed E-state index contributed by atoms with van der Waals surface area (Å²) in [6, 6.07) is -1.18. The second kappa shape index (κ2) is 52.1. The van der Waals surface area contributed by atoms with E-state index in [1.54, 1.807) is 0 Å². The molecule has 0 spiro atoms. The molecule has 0 bridgehead atoms. The molecule has 8 N–H and O–H groups in total. The standard InChI is InChI=1S/C63H119NO10/c1-3-5-7-9-11-13-15-17-19-20-21-22-23-24-25-26-27-28-29-30-31-32-33-34-35-37-39-41-43-45-47-49-51-56(67)62(72)64-54(53-73-63-61(71)60(70)59(69)57(52-65)74-63)58(68)55(66)50-48-46-44-42-40-38-36-18-16-14-12-10-8-6-4-2/h21-22,24-25,42,44,54-61,63,65-71H,3-20,23,26-41,43,45-53H2,1-2H3,(H,64,72)/b22-21-,25-24-,44-42+. The molecule has 1 aliphatic heterocycles. The monoisotopic (exact) mass is 1050 g/mol. The summed E-state index contributed by atoms with van der Waals surface area (Å²) < 4.78 is 11.1. The number of rotatable bonds is 54. The SMILES string of the molecule is CCCCCCCCCCC/C=C\C/C=C\CCCCCCCCCCCCCCCCCCC(O)C(=O)NC(COC1OC(CO)C(O)C(O)C1O)C(O)C(O)CCC/C=C/CCCCCCCCCCCC. The molecule has 1 saturated heterocycles. The Labute approximate surface area is 454 Å². The summed E-state index contributed by atoms with van der Waals surface area (Å²) in [4.78, 5) is 13.2. The van der Waals surface area contributed by atoms with Gasteiger partial charge in [0, 0.05) is 0 Å². The van der Waals surface area contributed by atoms with Crippen LogP contribution in [-0.4, -0.2) is 110 Å². The number of amides is 1. The van der Waals surface area contributed by atoms with Gasteiger partial charge in [0.25, 0.3) is 0 Å². The lowest BCUT2D eigenvalue weighted by Gasteiger charge is -2.40. The number of unbranched alkanes of at least 4 members (excludes halogenated alkanes) is 36. The first-order valence-corrected chi connectivity index (χ1v) is 31.4. The Kier molecular flexibility index (Phi) is 49.5. The van der Waals surface area contributed by atoms with Gasteiger partial charge < -0.3 is 50.5 Å². The third kappa shape index (κ3) is 39.7. The number of carbonyl (C=O) groups excluding carboxylic acids is 1. The van der Waals surface area contributed by atoms with Gasteiger partial charge in [0.2, 0.25) is 5.91 Å². The van der Waals surface area contributed by atoms with Gasteiger partial charge in [0.05, 0.1) is 25.4 Å². The van der Waals surface area contributed by atoms with Gasteiger partial charge >= 0.3 is 0 Å². The Morgan fingerprint density at radius 1 is 0.473 bits per heavy atom. The van der Waals surface area contributed by atoms with Crippen molar-refractivity contribution in [2.24, 2.45) is 0 Å². The van der Waals surface area contributed by atoms with E-state index in [1.807, 2.05) is 0 Å². The van der Waals surface area contributed by atoms with E-state index in [0.717, 1.165) is 44.9 Å². The molecule has 9 atom stereocenters. The minimum Gasteiger partial charge on any atom is -0.394 e. The van der Waals surface area contributed by atoms with Gasteiger partial charge in [-0.25, -0.2) is 0 Å². The van der Waals surface area contributed by atoms with Gasteiger partial charge in [-0.05, 0) is 70.6 Å². The first-order chi connectivity index (χ1) is 36.2. The molecule has 1 rings (SSSR count). The van der Waals surface area contributed by atoms with E-state index < -0.39 is 74.2 Å². The van der Waals surface area contributed by atoms with Crippen molar-refractivity contribution in [2.45, 2.75) is 345 Å². The zero-order valence-electron chi connectivity index (χ0n) is 47.8. The largest absolute Gasteiger partial charge is 0.394 e. The summed E-state index contributed by atoms with van der Waals surface area (Å²) in [5.74, 6) is -0.704. The fourth-order valence-electron chi connectivity index (χ4n) is 10.1. The lowest BCUT2D eigenvalue weighted by atomic mass is 9.98. The summed E-state index contributed by atoms with van der Waals surface area (Å²) in [7, 11) is 0. The van der Waals surface area contributed by atoms with Crippen molar-refractivity contribution in [2.75, 3.05) is 13.2 Å². The van der Waals surface area contributed by atoms with Gasteiger partial charge in [0.15, 0.2) is 6.29 Å². The van der Waals surface area contributed by atoms with E-state index in [4.69, 9.17) is 9.47 Å². The second-order valence-corrected chi connectivity index (χ2v) is 22.1. The van der Waals surface area contributed by atoms with Gasteiger partial charge in [0.1, 0.15) is 36.6 Å². The predicted octanol–water partition coefficient (Wildman–Crippen LogP) is 13.9. The third-order valence-electron chi connectivity index (χ3n) is 15.2.